The van der Waals surface area contributed by atoms with Gasteiger partial charge in [-0.05, 0) is 35.0 Å². The Morgan fingerprint density at radius 2 is 1.67 bits per heavy atom. The molecular weight excluding hydrogens is 298 g/mol. The lowest BCUT2D eigenvalue weighted by Crippen LogP contribution is -2.39. The van der Waals surface area contributed by atoms with Gasteiger partial charge in [-0.1, -0.05) is 28.1 Å². The van der Waals surface area contributed by atoms with Crippen LogP contribution in [0.5, 0.6) is 0 Å². The molecule has 0 saturated carbocycles. The largest absolute Gasteiger partial charge is 0.323 e. The summed E-state index contributed by atoms with van der Waals surface area (Å²) in [5.41, 5.74) is 2.31. The molecule has 18 heavy (non-hydrogen) atoms. The minimum Gasteiger partial charge on any atom is -0.318 e. The molecule has 0 aliphatic heterocycles. The summed E-state index contributed by atoms with van der Waals surface area (Å²) in [6.45, 7) is 0. The van der Waals surface area contributed by atoms with Crippen molar-refractivity contribution in [3.05, 3.63) is 40.9 Å². The number of carbonyl (C=O) groups is 2. The van der Waals surface area contributed by atoms with Crippen LogP contribution in [0.15, 0.2) is 40.9 Å². The molecule has 2 rings (SSSR count). The average molecular weight is 308 g/mol. The van der Waals surface area contributed by atoms with E-state index in [2.05, 4.69) is 21.2 Å². The molecule has 0 bridgehead atoms. The van der Waals surface area contributed by atoms with Crippen molar-refractivity contribution in [1.29, 1.82) is 0 Å². The first-order valence-corrected chi connectivity index (χ1v) is 5.90. The van der Waals surface area contributed by atoms with Crippen LogP contribution in [0.4, 0.5) is 5.69 Å². The van der Waals surface area contributed by atoms with Crippen LogP contribution in [0.3, 0.4) is 0 Å². The smallest absolute Gasteiger partial charge is 0.318 e. The number of anilines is 1. The second-order valence-corrected chi connectivity index (χ2v) is 4.55. The van der Waals surface area contributed by atoms with E-state index in [1.54, 1.807) is 17.6 Å². The summed E-state index contributed by atoms with van der Waals surface area (Å²) in [4.78, 5) is 22.3. The van der Waals surface area contributed by atoms with Gasteiger partial charge in [-0.3, -0.25) is 15.0 Å². The molecule has 6 heteroatoms. The predicted octanol–water partition coefficient (Wildman–Crippen LogP) is 1.53. The summed E-state index contributed by atoms with van der Waals surface area (Å²) in [6.07, 6.45) is 0. The van der Waals surface area contributed by atoms with E-state index in [1.807, 2.05) is 24.3 Å². The zero-order valence-corrected chi connectivity index (χ0v) is 10.8. The number of hydrazine groups is 1. The molecule has 2 aromatic rings. The highest BCUT2D eigenvalue weighted by atomic mass is 79.9. The van der Waals surface area contributed by atoms with Gasteiger partial charge >= 0.3 is 11.8 Å². The van der Waals surface area contributed by atoms with Gasteiger partial charge in [0.1, 0.15) is 0 Å². The summed E-state index contributed by atoms with van der Waals surface area (Å²) in [6, 6.07) is 11.1. The van der Waals surface area contributed by atoms with E-state index >= 15 is 0 Å². The highest BCUT2D eigenvalue weighted by Gasteiger charge is 2.11. The molecule has 4 N–H and O–H groups in total. The minimum absolute atomic E-state index is 0.540. The van der Waals surface area contributed by atoms with Crippen LogP contribution in [-0.2, 0) is 9.59 Å². The van der Waals surface area contributed by atoms with Crippen LogP contribution in [-0.4, -0.2) is 11.8 Å². The lowest BCUT2D eigenvalue weighted by Gasteiger charge is -2.05. The van der Waals surface area contributed by atoms with Gasteiger partial charge in [0.15, 0.2) is 0 Å². The standard InChI is InChI=1S/C12H10BrN3O2/c13-9-3-1-8-6-10(4-2-7(8)5-9)15-11(17)12(18)16-14/h1-6H,14H2,(H,15,17)(H,16,18). The Balaban J connectivity index is 2.28. The van der Waals surface area contributed by atoms with E-state index in [0.717, 1.165) is 15.2 Å². The third kappa shape index (κ3) is 2.66. The van der Waals surface area contributed by atoms with Crippen LogP contribution >= 0.6 is 15.9 Å². The van der Waals surface area contributed by atoms with E-state index in [0.29, 0.717) is 5.69 Å². The van der Waals surface area contributed by atoms with Gasteiger partial charge in [0, 0.05) is 10.2 Å². The second kappa shape index (κ2) is 5.16. The lowest BCUT2D eigenvalue weighted by atomic mass is 10.1. The first-order valence-electron chi connectivity index (χ1n) is 5.11. The van der Waals surface area contributed by atoms with Crippen molar-refractivity contribution in [3.63, 3.8) is 0 Å². The fraction of sp³-hybridized carbons (Fsp3) is 0. The van der Waals surface area contributed by atoms with Gasteiger partial charge < -0.3 is 5.32 Å². The van der Waals surface area contributed by atoms with Gasteiger partial charge in [0.25, 0.3) is 0 Å². The van der Waals surface area contributed by atoms with Crippen molar-refractivity contribution in [2.24, 2.45) is 5.84 Å². The summed E-state index contributed by atoms with van der Waals surface area (Å²) >= 11 is 3.38. The zero-order valence-electron chi connectivity index (χ0n) is 9.24. The van der Waals surface area contributed by atoms with Crippen LogP contribution in [0.2, 0.25) is 0 Å². The van der Waals surface area contributed by atoms with Gasteiger partial charge in [0.2, 0.25) is 0 Å². The van der Waals surface area contributed by atoms with E-state index in [1.165, 1.54) is 0 Å². The molecule has 0 heterocycles. The summed E-state index contributed by atoms with van der Waals surface area (Å²) < 4.78 is 0.981. The highest BCUT2D eigenvalue weighted by molar-refractivity contribution is 9.10. The number of halogens is 1. The Morgan fingerprint density at radius 1 is 1.00 bits per heavy atom. The third-order valence-corrected chi connectivity index (χ3v) is 2.89. The average Bonchev–Trinajstić information content (AvgIpc) is 2.38. The second-order valence-electron chi connectivity index (χ2n) is 3.63. The summed E-state index contributed by atoms with van der Waals surface area (Å²) in [7, 11) is 0. The minimum atomic E-state index is -0.883. The topological polar surface area (TPSA) is 84.2 Å². The predicted molar refractivity (Wildman–Crippen MR) is 72.6 cm³/mol. The molecule has 0 radical (unpaired) electrons. The number of benzene rings is 2. The Hall–Kier alpha value is -1.92. The fourth-order valence-corrected chi connectivity index (χ4v) is 1.93. The number of hydrogen-bond donors (Lipinski definition) is 3. The molecule has 0 fully saturated rings. The zero-order chi connectivity index (χ0) is 13.1. The Kier molecular flexibility index (Phi) is 3.59. The molecule has 0 saturated heterocycles. The third-order valence-electron chi connectivity index (χ3n) is 2.40. The maximum absolute atomic E-state index is 11.3. The molecular formula is C12H10BrN3O2. The van der Waals surface area contributed by atoms with Gasteiger partial charge in [-0.2, -0.15) is 0 Å². The van der Waals surface area contributed by atoms with Gasteiger partial charge in [-0.15, -0.1) is 0 Å². The number of rotatable bonds is 1. The maximum atomic E-state index is 11.3. The number of hydrogen-bond acceptors (Lipinski definition) is 3. The quantitative estimate of drug-likeness (QED) is 0.323. The van der Waals surface area contributed by atoms with Crippen LogP contribution < -0.4 is 16.6 Å². The van der Waals surface area contributed by atoms with E-state index in [4.69, 9.17) is 5.84 Å². The number of nitrogens with one attached hydrogen (secondary N) is 2. The Labute approximate surface area is 111 Å². The fourth-order valence-electron chi connectivity index (χ4n) is 1.55. The molecule has 2 aromatic carbocycles. The van der Waals surface area contributed by atoms with Crippen molar-refractivity contribution < 1.29 is 9.59 Å². The molecule has 2 amide bonds. The molecule has 0 aliphatic rings. The monoisotopic (exact) mass is 307 g/mol. The molecule has 0 atom stereocenters. The van der Waals surface area contributed by atoms with Crippen molar-refractivity contribution in [2.45, 2.75) is 0 Å². The summed E-state index contributed by atoms with van der Waals surface area (Å²) in [5, 5.41) is 4.45. The van der Waals surface area contributed by atoms with Crippen molar-refractivity contribution in [3.8, 4) is 0 Å². The van der Waals surface area contributed by atoms with Gasteiger partial charge in [-0.25, -0.2) is 5.84 Å². The van der Waals surface area contributed by atoms with E-state index in [-0.39, 0.29) is 0 Å². The maximum Gasteiger partial charge on any atom is 0.323 e. The van der Waals surface area contributed by atoms with Crippen LogP contribution in [0.1, 0.15) is 0 Å². The SMILES string of the molecule is NNC(=O)C(=O)Nc1ccc2cc(Br)ccc2c1. The van der Waals surface area contributed by atoms with Crippen molar-refractivity contribution in [1.82, 2.24) is 5.43 Å². The Bertz CT molecular complexity index is 628. The first kappa shape index (κ1) is 12.5. The van der Waals surface area contributed by atoms with Crippen molar-refractivity contribution in [2.75, 3.05) is 5.32 Å². The summed E-state index contributed by atoms with van der Waals surface area (Å²) in [5.74, 6) is 3.19. The molecule has 92 valence electrons. The number of fused-ring (bicyclic) bond motifs is 1. The van der Waals surface area contributed by atoms with E-state index in [9.17, 15) is 9.59 Å². The molecule has 0 aliphatic carbocycles. The van der Waals surface area contributed by atoms with Crippen molar-refractivity contribution >= 4 is 44.2 Å². The molecule has 0 aromatic heterocycles. The number of carbonyl (C=O) groups excluding carboxylic acids is 2. The molecule has 0 unspecified atom stereocenters. The van der Waals surface area contributed by atoms with E-state index < -0.39 is 11.8 Å². The molecule has 5 nitrogen and oxygen atoms in total. The van der Waals surface area contributed by atoms with Crippen LogP contribution in [0, 0.1) is 0 Å². The first-order chi connectivity index (χ1) is 8.60. The van der Waals surface area contributed by atoms with Gasteiger partial charge in [0.05, 0.1) is 0 Å². The highest BCUT2D eigenvalue weighted by Crippen LogP contribution is 2.22. The molecule has 0 spiro atoms. The number of nitrogens with two attached hydrogens (primary N) is 1. The van der Waals surface area contributed by atoms with Crippen LogP contribution in [0.25, 0.3) is 10.8 Å². The number of amides is 2. The lowest BCUT2D eigenvalue weighted by molar-refractivity contribution is -0.136. The normalized spacial score (nSPS) is 10.1. The Morgan fingerprint density at radius 3 is 2.39 bits per heavy atom.